The summed E-state index contributed by atoms with van der Waals surface area (Å²) in [6.07, 6.45) is -4.59. The number of carboxylic acids is 1. The number of rotatable bonds is 10. The number of hydrogen-bond donors (Lipinski definition) is 1. The van der Waals surface area contributed by atoms with Crippen LogP contribution in [0.25, 0.3) is 21.9 Å². The molecule has 1 aromatic heterocycles. The Morgan fingerprint density at radius 3 is 2.27 bits per heavy atom. The SMILES string of the molecule is C/C=S(\c1cccc2ccccc12)N(Cc1ccc(-c2cccc(S(=O)(=O)CC(=O)O)c2)cc1)Cc1ccc(C(F)(F)F)o1. The third-order valence-corrected chi connectivity index (χ3v) is 10.6. The maximum absolute atomic E-state index is 13.3. The number of fused-ring (bicyclic) bond motifs is 1. The van der Waals surface area contributed by atoms with E-state index in [0.29, 0.717) is 12.1 Å². The molecule has 0 aliphatic rings. The van der Waals surface area contributed by atoms with E-state index in [1.54, 1.807) is 12.1 Å². The number of aliphatic carboxylic acids is 1. The standard InChI is InChI=1S/C33H28F3NO5S2/c1-2-43(30-12-6-8-25-7-3-4-11-29(25)30)37(21-27-17-18-31(42-27)33(34,35)36)20-23-13-15-24(16-14-23)26-9-5-10-28(19-26)44(40,41)22-32(38)39/h2-19H,20-22H2,1H3,(H,38,39). The summed E-state index contributed by atoms with van der Waals surface area (Å²) in [6.45, 7) is 2.43. The molecular formula is C33H28F3NO5S2. The Hall–Kier alpha value is -4.19. The molecule has 0 amide bonds. The Labute approximate surface area is 255 Å². The molecule has 0 saturated heterocycles. The Bertz CT molecular complexity index is 1940. The van der Waals surface area contributed by atoms with Crippen LogP contribution in [0, 0.1) is 0 Å². The van der Waals surface area contributed by atoms with Crippen molar-refractivity contribution in [1.29, 1.82) is 0 Å². The molecule has 11 heteroatoms. The van der Waals surface area contributed by atoms with E-state index in [2.05, 4.69) is 4.31 Å². The minimum atomic E-state index is -4.59. The number of sulfone groups is 1. The normalized spacial score (nSPS) is 13.0. The van der Waals surface area contributed by atoms with E-state index in [-0.39, 0.29) is 17.2 Å². The Balaban J connectivity index is 1.47. The number of carbonyl (C=O) groups is 1. The number of halogens is 3. The van der Waals surface area contributed by atoms with Crippen LogP contribution in [-0.2, 0) is 33.9 Å². The first-order chi connectivity index (χ1) is 20.9. The molecule has 1 N–H and O–H groups in total. The van der Waals surface area contributed by atoms with Gasteiger partial charge in [0.15, 0.2) is 15.6 Å². The molecule has 5 rings (SSSR count). The summed E-state index contributed by atoms with van der Waals surface area (Å²) in [5, 5.41) is 13.1. The first-order valence-electron chi connectivity index (χ1n) is 13.5. The smallest absolute Gasteiger partial charge is 0.449 e. The number of alkyl halides is 3. The summed E-state index contributed by atoms with van der Waals surface area (Å²) in [6, 6.07) is 29.8. The van der Waals surface area contributed by atoms with Crippen molar-refractivity contribution in [1.82, 2.24) is 4.31 Å². The Morgan fingerprint density at radius 2 is 1.59 bits per heavy atom. The molecule has 0 spiro atoms. The molecule has 6 nitrogen and oxygen atoms in total. The fraction of sp³-hybridized carbons (Fsp3) is 0.152. The van der Waals surface area contributed by atoms with E-state index in [9.17, 15) is 26.4 Å². The molecule has 5 aromatic rings. The van der Waals surface area contributed by atoms with Crippen LogP contribution in [0.5, 0.6) is 0 Å². The highest BCUT2D eigenvalue weighted by atomic mass is 32.2. The van der Waals surface area contributed by atoms with Crippen LogP contribution in [0.4, 0.5) is 13.2 Å². The zero-order valence-electron chi connectivity index (χ0n) is 23.5. The number of nitrogens with zero attached hydrogens (tertiary/aromatic N) is 1. The number of hydrogen-bond acceptors (Lipinski definition) is 5. The summed E-state index contributed by atoms with van der Waals surface area (Å²) >= 11 is 0. The molecule has 0 aliphatic heterocycles. The topological polar surface area (TPSA) is 87.8 Å². The van der Waals surface area contributed by atoms with Gasteiger partial charge in [-0.25, -0.2) is 12.7 Å². The molecule has 228 valence electrons. The van der Waals surface area contributed by atoms with Gasteiger partial charge in [0.25, 0.3) is 0 Å². The van der Waals surface area contributed by atoms with Crippen molar-refractivity contribution in [3.8, 4) is 11.1 Å². The van der Waals surface area contributed by atoms with Gasteiger partial charge in [-0.15, -0.1) is 0 Å². The van der Waals surface area contributed by atoms with Crippen LogP contribution >= 0.6 is 10.7 Å². The van der Waals surface area contributed by atoms with Gasteiger partial charge in [-0.1, -0.05) is 83.5 Å². The second-order valence-corrected chi connectivity index (χ2v) is 14.0. The first kappa shape index (κ1) is 31.2. The van der Waals surface area contributed by atoms with Crippen molar-refractivity contribution in [3.05, 3.63) is 120 Å². The highest BCUT2D eigenvalue weighted by Crippen LogP contribution is 2.39. The minimum absolute atomic E-state index is 0.0815. The second kappa shape index (κ2) is 12.8. The summed E-state index contributed by atoms with van der Waals surface area (Å²) in [4.78, 5) is 12.0. The predicted octanol–water partition coefficient (Wildman–Crippen LogP) is 8.04. The number of furan rings is 1. The van der Waals surface area contributed by atoms with Crippen LogP contribution in [0.2, 0.25) is 0 Å². The van der Waals surface area contributed by atoms with Crippen molar-refractivity contribution >= 4 is 42.6 Å². The maximum atomic E-state index is 13.3. The lowest BCUT2D eigenvalue weighted by Gasteiger charge is -2.27. The Kier molecular flexibility index (Phi) is 9.10. The molecule has 1 unspecified atom stereocenters. The van der Waals surface area contributed by atoms with Crippen LogP contribution in [0.15, 0.2) is 117 Å². The third kappa shape index (κ3) is 7.12. The van der Waals surface area contributed by atoms with Crippen LogP contribution < -0.4 is 0 Å². The van der Waals surface area contributed by atoms with Crippen molar-refractivity contribution in [2.45, 2.75) is 36.0 Å². The summed E-state index contributed by atoms with van der Waals surface area (Å²) < 4.78 is 72.1. The van der Waals surface area contributed by atoms with Gasteiger partial charge in [-0.3, -0.25) is 4.79 Å². The van der Waals surface area contributed by atoms with Gasteiger partial charge in [0.1, 0.15) is 5.76 Å². The van der Waals surface area contributed by atoms with Crippen LogP contribution in [0.1, 0.15) is 24.0 Å². The molecule has 0 radical (unpaired) electrons. The van der Waals surface area contributed by atoms with Gasteiger partial charge < -0.3 is 9.52 Å². The van der Waals surface area contributed by atoms with E-state index in [1.165, 1.54) is 18.2 Å². The summed E-state index contributed by atoms with van der Waals surface area (Å²) in [5.41, 5.74) is 2.21. The lowest BCUT2D eigenvalue weighted by molar-refractivity contribution is -0.153. The van der Waals surface area contributed by atoms with E-state index in [1.807, 2.05) is 79.0 Å². The molecule has 0 fully saturated rings. The average Bonchev–Trinajstić information content (AvgIpc) is 3.47. The lowest BCUT2D eigenvalue weighted by Crippen LogP contribution is -2.17. The van der Waals surface area contributed by atoms with Gasteiger partial charge in [0.2, 0.25) is 5.76 Å². The summed E-state index contributed by atoms with van der Waals surface area (Å²) in [7, 11) is -4.62. The molecule has 0 saturated carbocycles. The fourth-order valence-electron chi connectivity index (χ4n) is 4.90. The van der Waals surface area contributed by atoms with Gasteiger partial charge in [-0.2, -0.15) is 13.2 Å². The highest BCUT2D eigenvalue weighted by Gasteiger charge is 2.35. The second-order valence-electron chi connectivity index (χ2n) is 9.97. The number of benzene rings is 4. The Morgan fingerprint density at radius 1 is 0.886 bits per heavy atom. The fourth-order valence-corrected chi connectivity index (χ4v) is 8.00. The maximum Gasteiger partial charge on any atom is 0.449 e. The average molecular weight is 640 g/mol. The molecule has 0 bridgehead atoms. The van der Waals surface area contributed by atoms with Gasteiger partial charge in [0, 0.05) is 11.4 Å². The molecule has 44 heavy (non-hydrogen) atoms. The van der Waals surface area contributed by atoms with E-state index < -0.39 is 44.2 Å². The van der Waals surface area contributed by atoms with Crippen molar-refractivity contribution < 1.29 is 35.9 Å². The molecule has 1 heterocycles. The van der Waals surface area contributed by atoms with E-state index in [0.717, 1.165) is 32.9 Å². The van der Waals surface area contributed by atoms with Crippen molar-refractivity contribution in [2.24, 2.45) is 0 Å². The van der Waals surface area contributed by atoms with Crippen molar-refractivity contribution in [2.75, 3.05) is 5.75 Å². The van der Waals surface area contributed by atoms with Crippen LogP contribution in [-0.4, -0.2) is 34.9 Å². The first-order valence-corrected chi connectivity index (χ1v) is 16.4. The molecular weight excluding hydrogens is 611 g/mol. The zero-order chi connectivity index (χ0) is 31.5. The number of carboxylic acid groups (broad SMARTS) is 1. The van der Waals surface area contributed by atoms with Crippen molar-refractivity contribution in [3.63, 3.8) is 0 Å². The zero-order valence-corrected chi connectivity index (χ0v) is 25.1. The quantitative estimate of drug-likeness (QED) is 0.156. The molecule has 1 atom stereocenters. The van der Waals surface area contributed by atoms with Gasteiger partial charge in [0.05, 0.1) is 11.4 Å². The summed E-state index contributed by atoms with van der Waals surface area (Å²) in [5.74, 6) is -3.29. The highest BCUT2D eigenvalue weighted by molar-refractivity contribution is 8.13. The molecule has 0 aliphatic carbocycles. The van der Waals surface area contributed by atoms with Crippen LogP contribution in [0.3, 0.4) is 0 Å². The van der Waals surface area contributed by atoms with E-state index >= 15 is 0 Å². The van der Waals surface area contributed by atoms with E-state index in [4.69, 9.17) is 9.52 Å². The molecule has 4 aromatic carbocycles. The van der Waals surface area contributed by atoms with Gasteiger partial charge in [-0.05, 0) is 70.1 Å². The van der Waals surface area contributed by atoms with Gasteiger partial charge >= 0.3 is 12.1 Å². The minimum Gasteiger partial charge on any atom is -0.480 e. The lowest BCUT2D eigenvalue weighted by atomic mass is 10.0. The monoisotopic (exact) mass is 639 g/mol. The largest absolute Gasteiger partial charge is 0.480 e. The predicted molar refractivity (Wildman–Crippen MR) is 166 cm³/mol. The third-order valence-electron chi connectivity index (χ3n) is 6.90.